The molecule has 9 heteroatoms. The summed E-state index contributed by atoms with van der Waals surface area (Å²) in [4.78, 5) is 34.4. The monoisotopic (exact) mass is 449 g/mol. The molecule has 1 saturated heterocycles. The summed E-state index contributed by atoms with van der Waals surface area (Å²) in [5.41, 5.74) is 1.75. The van der Waals surface area contributed by atoms with Crippen LogP contribution in [0.15, 0.2) is 48.5 Å². The van der Waals surface area contributed by atoms with E-state index >= 15 is 0 Å². The van der Waals surface area contributed by atoms with E-state index in [1.54, 1.807) is 7.11 Å². The van der Waals surface area contributed by atoms with Crippen molar-refractivity contribution in [1.82, 2.24) is 14.5 Å². The fourth-order valence-corrected chi connectivity index (χ4v) is 4.68. The van der Waals surface area contributed by atoms with Crippen molar-refractivity contribution in [2.45, 2.75) is 12.5 Å². The van der Waals surface area contributed by atoms with Gasteiger partial charge in [-0.05, 0) is 36.5 Å². The number of methoxy groups -OCH3 is 1. The number of amides is 1. The predicted molar refractivity (Wildman–Crippen MR) is 125 cm³/mol. The van der Waals surface area contributed by atoms with Crippen molar-refractivity contribution in [1.29, 1.82) is 0 Å². The molecule has 0 radical (unpaired) electrons. The number of nitrogens with one attached hydrogen (secondary N) is 1. The molecule has 1 N–H and O–H groups in total. The minimum absolute atomic E-state index is 0.0490. The number of carbonyl (C=O) groups is 2. The summed E-state index contributed by atoms with van der Waals surface area (Å²) in [6.07, 6.45) is 0.0816. The molecule has 2 aliphatic rings. The molecule has 0 bridgehead atoms. The number of benzene rings is 2. The Morgan fingerprint density at radius 2 is 1.84 bits per heavy atom. The zero-order chi connectivity index (χ0) is 22.2. The van der Waals surface area contributed by atoms with Gasteiger partial charge in [-0.15, -0.1) is 0 Å². The SMILES string of the molecule is COc1ccccc1N1CCN(C(=O)CC2Nc3c4ccccc4nc(=S)n3C2=O)CC1. The Labute approximate surface area is 190 Å². The molecule has 0 spiro atoms. The first-order valence-corrected chi connectivity index (χ1v) is 11.0. The second-order valence-electron chi connectivity index (χ2n) is 7.87. The third-order valence-corrected chi connectivity index (χ3v) is 6.33. The average Bonchev–Trinajstić information content (AvgIpc) is 3.16. The maximum absolute atomic E-state index is 13.0. The van der Waals surface area contributed by atoms with E-state index in [1.807, 2.05) is 53.4 Å². The fourth-order valence-electron chi connectivity index (χ4n) is 4.40. The van der Waals surface area contributed by atoms with Gasteiger partial charge in [0, 0.05) is 31.6 Å². The lowest BCUT2D eigenvalue weighted by Crippen LogP contribution is -2.50. The van der Waals surface area contributed by atoms with Gasteiger partial charge in [-0.1, -0.05) is 24.3 Å². The maximum Gasteiger partial charge on any atom is 0.257 e. The lowest BCUT2D eigenvalue weighted by molar-refractivity contribution is -0.131. The van der Waals surface area contributed by atoms with Crippen LogP contribution in [0.5, 0.6) is 5.75 Å². The molecule has 8 nitrogen and oxygen atoms in total. The third kappa shape index (κ3) is 3.48. The molecule has 3 heterocycles. The molecular formula is C23H23N5O3S. The van der Waals surface area contributed by atoms with Crippen molar-refractivity contribution < 1.29 is 14.3 Å². The zero-order valence-corrected chi connectivity index (χ0v) is 18.5. The van der Waals surface area contributed by atoms with Crippen molar-refractivity contribution in [3.8, 4) is 5.75 Å². The fraction of sp³-hybridized carbons (Fsp3) is 0.304. The molecule has 1 unspecified atom stereocenters. The molecule has 32 heavy (non-hydrogen) atoms. The molecule has 5 rings (SSSR count). The number of rotatable bonds is 4. The summed E-state index contributed by atoms with van der Waals surface area (Å²) in [7, 11) is 1.66. The van der Waals surface area contributed by atoms with Crippen molar-refractivity contribution in [3.05, 3.63) is 53.3 Å². The Morgan fingerprint density at radius 1 is 1.12 bits per heavy atom. The molecule has 164 valence electrons. The highest BCUT2D eigenvalue weighted by molar-refractivity contribution is 7.71. The first-order chi connectivity index (χ1) is 15.6. The van der Waals surface area contributed by atoms with Gasteiger partial charge in [0.25, 0.3) is 5.91 Å². The van der Waals surface area contributed by atoms with E-state index in [-0.39, 0.29) is 23.0 Å². The topological polar surface area (TPSA) is 79.7 Å². The number of fused-ring (bicyclic) bond motifs is 3. The van der Waals surface area contributed by atoms with Crippen LogP contribution in [-0.4, -0.2) is 65.6 Å². The third-order valence-electron chi connectivity index (χ3n) is 6.06. The Hall–Kier alpha value is -3.46. The number of piperazine rings is 1. The summed E-state index contributed by atoms with van der Waals surface area (Å²) in [6, 6.07) is 14.8. The Balaban J connectivity index is 1.27. The van der Waals surface area contributed by atoms with Crippen LogP contribution >= 0.6 is 12.2 Å². The minimum Gasteiger partial charge on any atom is -0.495 e. The molecule has 0 saturated carbocycles. The van der Waals surface area contributed by atoms with Crippen LogP contribution < -0.4 is 15.0 Å². The van der Waals surface area contributed by atoms with Crippen LogP contribution in [0.4, 0.5) is 11.5 Å². The van der Waals surface area contributed by atoms with Gasteiger partial charge >= 0.3 is 0 Å². The second kappa shape index (κ2) is 8.23. The van der Waals surface area contributed by atoms with Crippen molar-refractivity contribution in [3.63, 3.8) is 0 Å². The average molecular weight is 450 g/mol. The first-order valence-electron chi connectivity index (χ1n) is 10.5. The number of anilines is 2. The van der Waals surface area contributed by atoms with E-state index in [1.165, 1.54) is 4.57 Å². The second-order valence-corrected chi connectivity index (χ2v) is 8.24. The van der Waals surface area contributed by atoms with Crippen LogP contribution in [0.1, 0.15) is 11.2 Å². The minimum atomic E-state index is -0.649. The van der Waals surface area contributed by atoms with Gasteiger partial charge in [0.15, 0.2) is 0 Å². The molecule has 1 aromatic heterocycles. The summed E-state index contributed by atoms with van der Waals surface area (Å²) < 4.78 is 7.08. The molecule has 2 aromatic carbocycles. The van der Waals surface area contributed by atoms with Crippen LogP contribution in [0.25, 0.3) is 10.9 Å². The maximum atomic E-state index is 13.0. The molecular weight excluding hydrogens is 426 g/mol. The van der Waals surface area contributed by atoms with E-state index in [0.29, 0.717) is 32.0 Å². The molecule has 3 aromatic rings. The van der Waals surface area contributed by atoms with E-state index < -0.39 is 6.04 Å². The Bertz CT molecular complexity index is 1270. The van der Waals surface area contributed by atoms with Crippen LogP contribution in [-0.2, 0) is 4.79 Å². The number of ether oxygens (including phenoxy) is 1. The van der Waals surface area contributed by atoms with E-state index in [0.717, 1.165) is 22.3 Å². The first kappa shape index (κ1) is 20.4. The number of para-hydroxylation sites is 3. The van der Waals surface area contributed by atoms with E-state index in [2.05, 4.69) is 15.2 Å². The Morgan fingerprint density at radius 3 is 2.62 bits per heavy atom. The van der Waals surface area contributed by atoms with Gasteiger partial charge in [0.05, 0.1) is 24.7 Å². The normalized spacial score (nSPS) is 17.9. The summed E-state index contributed by atoms with van der Waals surface area (Å²) in [5, 5.41) is 4.03. The standard InChI is InChI=1S/C23H23N5O3S/c1-31-19-9-5-4-8-18(19)26-10-12-27(13-11-26)20(29)14-17-22(30)28-21(24-17)15-6-2-3-7-16(15)25-23(28)32/h2-9,17,24H,10-14H2,1H3. The molecule has 1 amide bonds. The smallest absolute Gasteiger partial charge is 0.257 e. The number of nitrogens with zero attached hydrogens (tertiary/aromatic N) is 4. The molecule has 1 fully saturated rings. The highest BCUT2D eigenvalue weighted by Crippen LogP contribution is 2.30. The summed E-state index contributed by atoms with van der Waals surface area (Å²) in [6.45, 7) is 2.60. The number of aromatic nitrogens is 2. The molecule has 0 aliphatic carbocycles. The summed E-state index contributed by atoms with van der Waals surface area (Å²) in [5.74, 6) is 1.16. The van der Waals surface area contributed by atoms with E-state index in [9.17, 15) is 9.59 Å². The van der Waals surface area contributed by atoms with Crippen molar-refractivity contribution >= 4 is 46.4 Å². The van der Waals surface area contributed by atoms with Crippen LogP contribution in [0.3, 0.4) is 0 Å². The Kier molecular flexibility index (Phi) is 5.26. The number of hydrogen-bond donors (Lipinski definition) is 1. The van der Waals surface area contributed by atoms with Crippen LogP contribution in [0.2, 0.25) is 0 Å². The van der Waals surface area contributed by atoms with Crippen molar-refractivity contribution in [2.75, 3.05) is 43.5 Å². The number of hydrogen-bond acceptors (Lipinski definition) is 7. The van der Waals surface area contributed by atoms with Gasteiger partial charge in [0.1, 0.15) is 17.6 Å². The number of carbonyl (C=O) groups excluding carboxylic acids is 2. The van der Waals surface area contributed by atoms with Gasteiger partial charge in [-0.2, -0.15) is 0 Å². The van der Waals surface area contributed by atoms with Gasteiger partial charge in [0.2, 0.25) is 10.7 Å². The van der Waals surface area contributed by atoms with Gasteiger partial charge in [-0.3, -0.25) is 9.59 Å². The van der Waals surface area contributed by atoms with Crippen LogP contribution in [0, 0.1) is 4.77 Å². The zero-order valence-electron chi connectivity index (χ0n) is 17.7. The van der Waals surface area contributed by atoms with Gasteiger partial charge < -0.3 is 19.9 Å². The lowest BCUT2D eigenvalue weighted by atomic mass is 10.1. The quantitative estimate of drug-likeness (QED) is 0.614. The predicted octanol–water partition coefficient (Wildman–Crippen LogP) is 2.95. The molecule has 1 atom stereocenters. The largest absolute Gasteiger partial charge is 0.495 e. The van der Waals surface area contributed by atoms with Gasteiger partial charge in [-0.25, -0.2) is 9.55 Å². The summed E-state index contributed by atoms with van der Waals surface area (Å²) >= 11 is 5.33. The van der Waals surface area contributed by atoms with Crippen molar-refractivity contribution in [2.24, 2.45) is 0 Å². The highest BCUT2D eigenvalue weighted by atomic mass is 32.1. The van der Waals surface area contributed by atoms with E-state index in [4.69, 9.17) is 17.0 Å². The molecule has 2 aliphatic heterocycles. The highest BCUT2D eigenvalue weighted by Gasteiger charge is 2.35. The lowest BCUT2D eigenvalue weighted by Gasteiger charge is -2.37.